The molecule has 0 heterocycles. The van der Waals surface area contributed by atoms with Crippen LogP contribution in [0.15, 0.2) is 48.5 Å². The van der Waals surface area contributed by atoms with Crippen molar-refractivity contribution in [2.24, 2.45) is 0 Å². The van der Waals surface area contributed by atoms with Gasteiger partial charge in [-0.05, 0) is 31.5 Å². The third-order valence-corrected chi connectivity index (χ3v) is 3.71. The number of carbonyl (C=O) groups excluding carboxylic acids is 3. The summed E-state index contributed by atoms with van der Waals surface area (Å²) >= 11 is 0. The van der Waals surface area contributed by atoms with Gasteiger partial charge >= 0.3 is 5.97 Å². The molecule has 0 aliphatic heterocycles. The molecule has 0 spiro atoms. The molecule has 0 saturated carbocycles. The van der Waals surface area contributed by atoms with E-state index in [1.807, 2.05) is 13.8 Å². The number of hydrogen-bond acceptors (Lipinski definition) is 5. The molecule has 0 aliphatic rings. The molecule has 0 radical (unpaired) electrons. The minimum atomic E-state index is -0.690. The molecule has 0 bridgehead atoms. The van der Waals surface area contributed by atoms with E-state index < -0.39 is 18.5 Å². The predicted molar refractivity (Wildman–Crippen MR) is 103 cm³/mol. The maximum absolute atomic E-state index is 12.5. The molecule has 0 fully saturated rings. The van der Waals surface area contributed by atoms with Crippen molar-refractivity contribution in [2.45, 2.75) is 19.9 Å². The van der Waals surface area contributed by atoms with Crippen LogP contribution < -0.4 is 10.6 Å². The zero-order valence-electron chi connectivity index (χ0n) is 15.7. The van der Waals surface area contributed by atoms with Gasteiger partial charge in [0.05, 0.1) is 23.7 Å². The molecule has 0 unspecified atom stereocenters. The van der Waals surface area contributed by atoms with Gasteiger partial charge in [-0.3, -0.25) is 9.59 Å². The Morgan fingerprint density at radius 1 is 1.00 bits per heavy atom. The lowest BCUT2D eigenvalue weighted by atomic mass is 9.96. The molecule has 2 aromatic carbocycles. The second-order valence-electron chi connectivity index (χ2n) is 6.28. The maximum Gasteiger partial charge on any atom is 0.339 e. The third-order valence-electron chi connectivity index (χ3n) is 3.71. The highest BCUT2D eigenvalue weighted by Crippen LogP contribution is 2.27. The first-order valence-corrected chi connectivity index (χ1v) is 8.74. The largest absolute Gasteiger partial charge is 0.452 e. The van der Waals surface area contributed by atoms with Gasteiger partial charge < -0.3 is 15.4 Å². The second-order valence-corrected chi connectivity index (χ2v) is 6.28. The number of esters is 1. The Balaban J connectivity index is 2.03. The highest BCUT2D eigenvalue weighted by Gasteiger charge is 2.17. The van der Waals surface area contributed by atoms with E-state index in [1.54, 1.807) is 48.5 Å². The second kappa shape index (κ2) is 9.88. The van der Waals surface area contributed by atoms with Gasteiger partial charge in [0.1, 0.15) is 0 Å². The van der Waals surface area contributed by atoms with Crippen molar-refractivity contribution in [1.82, 2.24) is 10.6 Å². The Morgan fingerprint density at radius 3 is 2.32 bits per heavy atom. The maximum atomic E-state index is 12.5. The Hall–Kier alpha value is -3.66. The van der Waals surface area contributed by atoms with Crippen molar-refractivity contribution in [1.29, 1.82) is 5.26 Å². The van der Waals surface area contributed by atoms with Gasteiger partial charge in [-0.25, -0.2) is 4.79 Å². The van der Waals surface area contributed by atoms with Crippen LogP contribution in [0.4, 0.5) is 0 Å². The minimum absolute atomic E-state index is 0.0324. The van der Waals surface area contributed by atoms with E-state index in [2.05, 4.69) is 16.7 Å². The number of ether oxygens (including phenoxy) is 1. The van der Waals surface area contributed by atoms with Crippen LogP contribution in [-0.4, -0.2) is 37.0 Å². The van der Waals surface area contributed by atoms with Gasteiger partial charge in [0.25, 0.3) is 5.91 Å². The molecule has 7 nitrogen and oxygen atoms in total. The summed E-state index contributed by atoms with van der Waals surface area (Å²) in [5.41, 5.74) is 1.82. The minimum Gasteiger partial charge on any atom is -0.452 e. The normalized spacial score (nSPS) is 10.1. The molecule has 0 aliphatic carbocycles. The van der Waals surface area contributed by atoms with Crippen LogP contribution >= 0.6 is 0 Å². The lowest BCUT2D eigenvalue weighted by Gasteiger charge is -2.11. The van der Waals surface area contributed by atoms with Crippen LogP contribution in [0.5, 0.6) is 0 Å². The molecule has 2 amide bonds. The molecule has 7 heteroatoms. The molecule has 0 atom stereocenters. The van der Waals surface area contributed by atoms with Crippen LogP contribution in [0, 0.1) is 11.3 Å². The molecular formula is C21H21N3O4. The smallest absolute Gasteiger partial charge is 0.339 e. The number of carbonyl (C=O) groups is 3. The van der Waals surface area contributed by atoms with E-state index in [-0.39, 0.29) is 24.1 Å². The Labute approximate surface area is 163 Å². The lowest BCUT2D eigenvalue weighted by molar-refractivity contribution is -0.128. The molecule has 28 heavy (non-hydrogen) atoms. The fraction of sp³-hybridized carbons (Fsp3) is 0.238. The quantitative estimate of drug-likeness (QED) is 0.716. The highest BCUT2D eigenvalue weighted by atomic mass is 16.5. The van der Waals surface area contributed by atoms with Crippen LogP contribution in [0.1, 0.15) is 29.8 Å². The molecule has 2 N–H and O–H groups in total. The summed E-state index contributed by atoms with van der Waals surface area (Å²) in [7, 11) is 0. The summed E-state index contributed by atoms with van der Waals surface area (Å²) in [4.78, 5) is 35.8. The van der Waals surface area contributed by atoms with Gasteiger partial charge in [-0.1, -0.05) is 36.4 Å². The van der Waals surface area contributed by atoms with Crippen molar-refractivity contribution in [2.75, 3.05) is 13.2 Å². The summed E-state index contributed by atoms with van der Waals surface area (Å²) in [5, 5.41) is 14.3. The van der Waals surface area contributed by atoms with Crippen molar-refractivity contribution in [3.63, 3.8) is 0 Å². The summed E-state index contributed by atoms with van der Waals surface area (Å²) in [6, 6.07) is 15.7. The van der Waals surface area contributed by atoms with Crippen LogP contribution in [0.2, 0.25) is 0 Å². The standard InChI is InChI=1S/C21H21N3O4/c1-14(2)24-19(25)12-23-20(26)13-28-21(27)18-10-6-5-9-17(18)16-8-4-3-7-15(16)11-22/h3-10,14H,12-13H2,1-2H3,(H,23,26)(H,24,25). The van der Waals surface area contributed by atoms with Gasteiger partial charge in [0.2, 0.25) is 5.91 Å². The summed E-state index contributed by atoms with van der Waals surface area (Å²) < 4.78 is 5.07. The average Bonchev–Trinajstić information content (AvgIpc) is 2.70. The average molecular weight is 379 g/mol. The number of hydrogen-bond donors (Lipinski definition) is 2. The molecule has 2 rings (SSSR count). The Kier molecular flexibility index (Phi) is 7.28. The summed E-state index contributed by atoms with van der Waals surface area (Å²) in [6.45, 7) is 2.91. The van der Waals surface area contributed by atoms with Crippen LogP contribution in [-0.2, 0) is 14.3 Å². The van der Waals surface area contributed by atoms with Crippen LogP contribution in [0.3, 0.4) is 0 Å². The molecule has 0 aromatic heterocycles. The first kappa shape index (κ1) is 20.6. The number of nitrogens with one attached hydrogen (secondary N) is 2. The Bertz CT molecular complexity index is 916. The van der Waals surface area contributed by atoms with Crippen molar-refractivity contribution in [3.8, 4) is 17.2 Å². The monoisotopic (exact) mass is 379 g/mol. The topological polar surface area (TPSA) is 108 Å². The molecule has 0 saturated heterocycles. The van der Waals surface area contributed by atoms with Crippen LogP contribution in [0.25, 0.3) is 11.1 Å². The molecule has 144 valence electrons. The zero-order chi connectivity index (χ0) is 20.5. The van der Waals surface area contributed by atoms with E-state index in [4.69, 9.17) is 4.74 Å². The third kappa shape index (κ3) is 5.68. The fourth-order valence-electron chi connectivity index (χ4n) is 2.52. The van der Waals surface area contributed by atoms with Crippen molar-refractivity contribution < 1.29 is 19.1 Å². The number of nitrogens with zero attached hydrogens (tertiary/aromatic N) is 1. The number of benzene rings is 2. The predicted octanol–water partition coefficient (Wildman–Crippen LogP) is 2.02. The highest BCUT2D eigenvalue weighted by molar-refractivity contribution is 5.99. The number of amides is 2. The van der Waals surface area contributed by atoms with Gasteiger partial charge in [0.15, 0.2) is 6.61 Å². The summed E-state index contributed by atoms with van der Waals surface area (Å²) in [5.74, 6) is -1.60. The van der Waals surface area contributed by atoms with E-state index >= 15 is 0 Å². The van der Waals surface area contributed by atoms with Crippen molar-refractivity contribution >= 4 is 17.8 Å². The van der Waals surface area contributed by atoms with Crippen molar-refractivity contribution in [3.05, 3.63) is 59.7 Å². The number of rotatable bonds is 7. The van der Waals surface area contributed by atoms with E-state index in [1.165, 1.54) is 0 Å². The lowest BCUT2D eigenvalue weighted by Crippen LogP contribution is -2.41. The molecule has 2 aromatic rings. The fourth-order valence-corrected chi connectivity index (χ4v) is 2.52. The van der Waals surface area contributed by atoms with E-state index in [0.29, 0.717) is 16.7 Å². The summed E-state index contributed by atoms with van der Waals surface area (Å²) in [6.07, 6.45) is 0. The van der Waals surface area contributed by atoms with E-state index in [0.717, 1.165) is 0 Å². The number of nitriles is 1. The van der Waals surface area contributed by atoms with Gasteiger partial charge in [-0.2, -0.15) is 5.26 Å². The molecular weight excluding hydrogens is 358 g/mol. The Morgan fingerprint density at radius 2 is 1.64 bits per heavy atom. The zero-order valence-corrected chi connectivity index (χ0v) is 15.7. The van der Waals surface area contributed by atoms with E-state index in [9.17, 15) is 19.6 Å². The SMILES string of the molecule is CC(C)NC(=O)CNC(=O)COC(=O)c1ccccc1-c1ccccc1C#N. The first-order chi connectivity index (χ1) is 13.4. The van der Waals surface area contributed by atoms with Gasteiger partial charge in [0, 0.05) is 11.6 Å². The van der Waals surface area contributed by atoms with Gasteiger partial charge in [-0.15, -0.1) is 0 Å². The first-order valence-electron chi connectivity index (χ1n) is 8.74.